The third-order valence-electron chi connectivity index (χ3n) is 3.46. The monoisotopic (exact) mass is 268 g/mol. The van der Waals surface area contributed by atoms with Crippen LogP contribution in [0.2, 0.25) is 0 Å². The highest BCUT2D eigenvalue weighted by Crippen LogP contribution is 2.21. The van der Waals surface area contributed by atoms with Crippen molar-refractivity contribution in [2.45, 2.75) is 39.8 Å². The van der Waals surface area contributed by atoms with Gasteiger partial charge in [0.05, 0.1) is 0 Å². The first kappa shape index (κ1) is 14.7. The van der Waals surface area contributed by atoms with Crippen molar-refractivity contribution in [3.63, 3.8) is 0 Å². The Balaban J connectivity index is 2.15. The van der Waals surface area contributed by atoms with Crippen LogP contribution in [0.4, 0.5) is 0 Å². The number of aromatic nitrogens is 1. The summed E-state index contributed by atoms with van der Waals surface area (Å²) in [5, 5.41) is 4.88. The van der Waals surface area contributed by atoms with Gasteiger partial charge in [-0.25, -0.2) is 0 Å². The van der Waals surface area contributed by atoms with Gasteiger partial charge in [0.1, 0.15) is 0 Å². The third kappa shape index (κ3) is 3.65. The zero-order chi connectivity index (χ0) is 14.4. The van der Waals surface area contributed by atoms with Crippen LogP contribution in [0, 0.1) is 18.3 Å². The molecule has 2 rings (SSSR count). The summed E-state index contributed by atoms with van der Waals surface area (Å²) in [6.45, 7) is 7.44. The fourth-order valence-electron chi connectivity index (χ4n) is 2.50. The number of nitrogens with zero attached hydrogens (tertiary/aromatic N) is 1. The van der Waals surface area contributed by atoms with E-state index in [2.05, 4.69) is 60.1 Å². The van der Waals surface area contributed by atoms with Crippen molar-refractivity contribution in [1.82, 2.24) is 9.88 Å². The molecule has 0 atom stereocenters. The number of para-hydroxylation sites is 1. The molecule has 0 radical (unpaired) electrons. The van der Waals surface area contributed by atoms with E-state index < -0.39 is 0 Å². The molecule has 20 heavy (non-hydrogen) atoms. The van der Waals surface area contributed by atoms with Crippen LogP contribution >= 0.6 is 0 Å². The third-order valence-corrected chi connectivity index (χ3v) is 3.46. The van der Waals surface area contributed by atoms with Crippen molar-refractivity contribution < 1.29 is 0 Å². The van der Waals surface area contributed by atoms with Crippen molar-refractivity contribution >= 4 is 10.9 Å². The van der Waals surface area contributed by atoms with E-state index in [4.69, 9.17) is 6.42 Å². The molecule has 0 aliphatic heterocycles. The molecule has 0 aliphatic rings. The molecule has 0 saturated heterocycles. The van der Waals surface area contributed by atoms with Crippen LogP contribution in [0.25, 0.3) is 10.9 Å². The molecular formula is C18H24N2. The lowest BCUT2D eigenvalue weighted by Gasteiger charge is -2.06. The number of hydrogen-bond acceptors (Lipinski definition) is 1. The summed E-state index contributed by atoms with van der Waals surface area (Å²) in [5.41, 5.74) is 2.69. The fraction of sp³-hybridized carbons (Fsp3) is 0.444. The van der Waals surface area contributed by atoms with Crippen LogP contribution in [0.15, 0.2) is 30.5 Å². The minimum Gasteiger partial charge on any atom is -0.347 e. The fourth-order valence-corrected chi connectivity index (χ4v) is 2.50. The number of terminal acetylenes is 1. The molecule has 0 fully saturated rings. The van der Waals surface area contributed by atoms with E-state index in [1.54, 1.807) is 0 Å². The average molecular weight is 268 g/mol. The minimum atomic E-state index is 0.680. The lowest BCUT2D eigenvalue weighted by Crippen LogP contribution is -2.18. The lowest BCUT2D eigenvalue weighted by molar-refractivity contribution is 0.552. The minimum absolute atomic E-state index is 0.680. The van der Waals surface area contributed by atoms with Crippen LogP contribution < -0.4 is 5.32 Å². The van der Waals surface area contributed by atoms with Gasteiger partial charge in [-0.1, -0.05) is 32.0 Å². The molecule has 0 unspecified atom stereocenters. The maximum Gasteiger partial charge on any atom is 0.0483 e. The van der Waals surface area contributed by atoms with Gasteiger partial charge in [0.25, 0.3) is 0 Å². The Kier molecular flexibility index (Phi) is 5.26. The zero-order valence-electron chi connectivity index (χ0n) is 12.5. The quantitative estimate of drug-likeness (QED) is 0.597. The maximum absolute atomic E-state index is 5.34. The Morgan fingerprint density at radius 1 is 1.30 bits per heavy atom. The standard InChI is InChI=1S/C18H24N2/c1-4-5-8-11-20-14-16(13-19-12-15(2)3)17-9-6-7-10-18(17)20/h1,6-7,9-10,14-15,19H,5,8,11-13H2,2-3H3. The second-order valence-corrected chi connectivity index (χ2v) is 5.70. The summed E-state index contributed by atoms with van der Waals surface area (Å²) in [4.78, 5) is 0. The highest BCUT2D eigenvalue weighted by Gasteiger charge is 2.07. The van der Waals surface area contributed by atoms with E-state index in [0.29, 0.717) is 5.92 Å². The van der Waals surface area contributed by atoms with Crippen LogP contribution in [-0.2, 0) is 13.1 Å². The molecule has 0 spiro atoms. The van der Waals surface area contributed by atoms with E-state index in [0.717, 1.165) is 32.5 Å². The predicted molar refractivity (Wildman–Crippen MR) is 86.5 cm³/mol. The Morgan fingerprint density at radius 2 is 2.10 bits per heavy atom. The highest BCUT2D eigenvalue weighted by molar-refractivity contribution is 5.83. The summed E-state index contributed by atoms with van der Waals surface area (Å²) in [5.74, 6) is 3.39. The summed E-state index contributed by atoms with van der Waals surface area (Å²) in [7, 11) is 0. The van der Waals surface area contributed by atoms with Crippen molar-refractivity contribution in [3.8, 4) is 12.3 Å². The zero-order valence-corrected chi connectivity index (χ0v) is 12.5. The first-order chi connectivity index (χ1) is 9.72. The summed E-state index contributed by atoms with van der Waals surface area (Å²) in [6.07, 6.45) is 9.48. The Morgan fingerprint density at radius 3 is 2.85 bits per heavy atom. The molecule has 1 heterocycles. The Labute approximate surface area is 122 Å². The second-order valence-electron chi connectivity index (χ2n) is 5.70. The molecule has 0 saturated carbocycles. The van der Waals surface area contributed by atoms with Gasteiger partial charge in [-0.3, -0.25) is 0 Å². The Hall–Kier alpha value is -1.72. The van der Waals surface area contributed by atoms with Crippen LogP contribution in [0.3, 0.4) is 0 Å². The topological polar surface area (TPSA) is 17.0 Å². The van der Waals surface area contributed by atoms with E-state index in [9.17, 15) is 0 Å². The molecule has 1 aromatic heterocycles. The van der Waals surface area contributed by atoms with Gasteiger partial charge >= 0.3 is 0 Å². The Bertz CT molecular complexity index is 587. The van der Waals surface area contributed by atoms with E-state index in [-0.39, 0.29) is 0 Å². The predicted octanol–water partition coefficient (Wildman–Crippen LogP) is 3.80. The molecule has 2 aromatic rings. The average Bonchev–Trinajstić information content (AvgIpc) is 2.78. The molecule has 0 bridgehead atoms. The van der Waals surface area contributed by atoms with Gasteiger partial charge in [0.2, 0.25) is 0 Å². The number of unbranched alkanes of at least 4 members (excludes halogenated alkanes) is 1. The molecular weight excluding hydrogens is 244 g/mol. The number of hydrogen-bond donors (Lipinski definition) is 1. The molecule has 106 valence electrons. The van der Waals surface area contributed by atoms with Gasteiger partial charge in [-0.2, -0.15) is 0 Å². The molecule has 0 aliphatic carbocycles. The van der Waals surface area contributed by atoms with E-state index >= 15 is 0 Å². The number of fused-ring (bicyclic) bond motifs is 1. The second kappa shape index (κ2) is 7.17. The number of benzene rings is 1. The smallest absolute Gasteiger partial charge is 0.0483 e. The van der Waals surface area contributed by atoms with Crippen molar-refractivity contribution in [2.75, 3.05) is 6.54 Å². The normalized spacial score (nSPS) is 11.1. The number of rotatable bonds is 7. The van der Waals surface area contributed by atoms with Gasteiger partial charge < -0.3 is 9.88 Å². The van der Waals surface area contributed by atoms with Gasteiger partial charge in [0, 0.05) is 36.6 Å². The van der Waals surface area contributed by atoms with Crippen molar-refractivity contribution in [2.24, 2.45) is 5.92 Å². The van der Waals surface area contributed by atoms with Crippen molar-refractivity contribution in [1.29, 1.82) is 0 Å². The van der Waals surface area contributed by atoms with Gasteiger partial charge in [-0.15, -0.1) is 12.3 Å². The highest BCUT2D eigenvalue weighted by atomic mass is 15.0. The van der Waals surface area contributed by atoms with Crippen LogP contribution in [-0.4, -0.2) is 11.1 Å². The summed E-state index contributed by atoms with van der Waals surface area (Å²) in [6, 6.07) is 8.61. The van der Waals surface area contributed by atoms with Crippen LogP contribution in [0.1, 0.15) is 32.3 Å². The largest absolute Gasteiger partial charge is 0.347 e. The molecule has 1 aromatic carbocycles. The van der Waals surface area contributed by atoms with E-state index in [1.165, 1.54) is 16.5 Å². The number of nitrogens with one attached hydrogen (secondary N) is 1. The maximum atomic E-state index is 5.34. The van der Waals surface area contributed by atoms with Crippen LogP contribution in [0.5, 0.6) is 0 Å². The van der Waals surface area contributed by atoms with Crippen molar-refractivity contribution in [3.05, 3.63) is 36.0 Å². The number of aryl methyl sites for hydroxylation is 1. The summed E-state index contributed by atoms with van der Waals surface area (Å²) >= 11 is 0. The molecule has 0 amide bonds. The molecule has 2 nitrogen and oxygen atoms in total. The molecule has 2 heteroatoms. The van der Waals surface area contributed by atoms with Gasteiger partial charge in [0.15, 0.2) is 0 Å². The van der Waals surface area contributed by atoms with E-state index in [1.807, 2.05) is 0 Å². The molecule has 1 N–H and O–H groups in total. The van der Waals surface area contributed by atoms with Gasteiger partial charge in [-0.05, 0) is 30.5 Å². The SMILES string of the molecule is C#CCCCn1cc(CNCC(C)C)c2ccccc21. The lowest BCUT2D eigenvalue weighted by atomic mass is 10.1. The summed E-state index contributed by atoms with van der Waals surface area (Å²) < 4.78 is 2.33. The first-order valence-electron chi connectivity index (χ1n) is 7.43. The first-order valence-corrected chi connectivity index (χ1v) is 7.43.